The largest absolute Gasteiger partial charge is 0.310 e. The summed E-state index contributed by atoms with van der Waals surface area (Å²) >= 11 is 0. The van der Waals surface area contributed by atoms with Gasteiger partial charge in [0, 0.05) is 39.1 Å². The first-order chi connectivity index (χ1) is 28.7. The summed E-state index contributed by atoms with van der Waals surface area (Å²) in [7, 11) is 0. The number of anilines is 3. The van der Waals surface area contributed by atoms with E-state index in [0.717, 1.165) is 69.5 Å². The van der Waals surface area contributed by atoms with E-state index in [1.807, 2.05) is 6.07 Å². The van der Waals surface area contributed by atoms with Crippen LogP contribution in [0, 0.1) is 0 Å². The van der Waals surface area contributed by atoms with Crippen molar-refractivity contribution in [3.8, 4) is 27.9 Å². The monoisotopic (exact) mass is 745 g/mol. The third-order valence-corrected chi connectivity index (χ3v) is 12.9. The molecule has 2 heterocycles. The number of carbonyl (C=O) groups is 1. The van der Waals surface area contributed by atoms with Gasteiger partial charge in [0.25, 0.3) is 0 Å². The molecule has 4 nitrogen and oxygen atoms in total. The Morgan fingerprint density at radius 1 is 0.517 bits per heavy atom. The summed E-state index contributed by atoms with van der Waals surface area (Å²) < 4.78 is 2.33. The Hall–Kier alpha value is -7.01. The lowest BCUT2D eigenvalue weighted by molar-refractivity contribution is 0.0952. The molecule has 8 aromatic carbocycles. The molecule has 12 rings (SSSR count). The number of hydrogen-bond donors (Lipinski definition) is 1. The SMILES string of the molecule is O=C(c1ccc2c(c1)c1cc(N(c3ccccc3)c3ccc4c(c3)C3(c5ccccc5-c5ccccc53)c3ccccc3-4)ccc1n2-c1ccccc1)C1CCCN1. The number of carbonyl (C=O) groups excluding carboxylic acids is 1. The lowest BCUT2D eigenvalue weighted by atomic mass is 9.70. The third kappa shape index (κ3) is 4.64. The van der Waals surface area contributed by atoms with Gasteiger partial charge in [-0.2, -0.15) is 0 Å². The Balaban J connectivity index is 1.10. The van der Waals surface area contributed by atoms with Gasteiger partial charge >= 0.3 is 0 Å². The average molecular weight is 746 g/mol. The van der Waals surface area contributed by atoms with Crippen LogP contribution in [0.3, 0.4) is 0 Å². The number of hydrogen-bond acceptors (Lipinski definition) is 3. The topological polar surface area (TPSA) is 37.3 Å². The highest BCUT2D eigenvalue weighted by molar-refractivity contribution is 6.13. The van der Waals surface area contributed by atoms with E-state index in [9.17, 15) is 4.79 Å². The maximum absolute atomic E-state index is 13.8. The van der Waals surface area contributed by atoms with Crippen LogP contribution in [0.15, 0.2) is 188 Å². The van der Waals surface area contributed by atoms with E-state index in [0.29, 0.717) is 0 Å². The molecule has 1 unspecified atom stereocenters. The Labute approximate surface area is 337 Å². The molecule has 1 fully saturated rings. The van der Waals surface area contributed by atoms with Crippen molar-refractivity contribution in [1.29, 1.82) is 0 Å². The number of benzene rings is 8. The second kappa shape index (κ2) is 12.8. The van der Waals surface area contributed by atoms with Gasteiger partial charge < -0.3 is 14.8 Å². The van der Waals surface area contributed by atoms with Gasteiger partial charge in [-0.1, -0.05) is 115 Å². The molecule has 0 radical (unpaired) electrons. The minimum atomic E-state index is -0.443. The van der Waals surface area contributed by atoms with E-state index >= 15 is 0 Å². The van der Waals surface area contributed by atoms with Crippen molar-refractivity contribution in [2.45, 2.75) is 24.3 Å². The van der Waals surface area contributed by atoms with Crippen LogP contribution in [-0.2, 0) is 5.41 Å². The number of nitrogens with one attached hydrogen (secondary N) is 1. The van der Waals surface area contributed by atoms with Crippen LogP contribution in [0.2, 0.25) is 0 Å². The smallest absolute Gasteiger partial charge is 0.179 e. The Bertz CT molecular complexity index is 3040. The van der Waals surface area contributed by atoms with Crippen molar-refractivity contribution in [1.82, 2.24) is 9.88 Å². The summed E-state index contributed by atoms with van der Waals surface area (Å²) in [5, 5.41) is 5.60. The fraction of sp³-hybridized carbons (Fsp3) is 0.0926. The fourth-order valence-corrected chi connectivity index (χ4v) is 10.5. The number of aromatic nitrogens is 1. The molecular weight excluding hydrogens is 707 g/mol. The quantitative estimate of drug-likeness (QED) is 0.172. The summed E-state index contributed by atoms with van der Waals surface area (Å²) in [6.07, 6.45) is 1.91. The predicted octanol–water partition coefficient (Wildman–Crippen LogP) is 12.5. The van der Waals surface area contributed by atoms with Crippen LogP contribution in [0.1, 0.15) is 45.5 Å². The van der Waals surface area contributed by atoms with Gasteiger partial charge in [-0.05, 0) is 137 Å². The summed E-state index contributed by atoms with van der Waals surface area (Å²) in [6.45, 7) is 0.888. The average Bonchev–Trinajstić information content (AvgIpc) is 4.07. The molecule has 1 aliphatic heterocycles. The molecule has 276 valence electrons. The van der Waals surface area contributed by atoms with Crippen molar-refractivity contribution in [3.63, 3.8) is 0 Å². The number of nitrogens with zero attached hydrogens (tertiary/aromatic N) is 2. The first-order valence-electron chi connectivity index (χ1n) is 20.4. The van der Waals surface area contributed by atoms with Gasteiger partial charge in [0.15, 0.2) is 5.78 Å². The van der Waals surface area contributed by atoms with Crippen molar-refractivity contribution < 1.29 is 4.79 Å². The highest BCUT2D eigenvalue weighted by Gasteiger charge is 2.51. The molecule has 1 N–H and O–H groups in total. The van der Waals surface area contributed by atoms with E-state index in [1.165, 1.54) is 44.5 Å². The van der Waals surface area contributed by atoms with Crippen molar-refractivity contribution >= 4 is 44.7 Å². The first kappa shape index (κ1) is 33.2. The highest BCUT2D eigenvalue weighted by atomic mass is 16.1. The number of Topliss-reactive ketones (excluding diaryl/α,β-unsaturated/α-hetero) is 1. The Kier molecular flexibility index (Phi) is 7.29. The van der Waals surface area contributed by atoms with Crippen LogP contribution in [-0.4, -0.2) is 22.9 Å². The molecule has 58 heavy (non-hydrogen) atoms. The molecule has 1 saturated heterocycles. The molecule has 1 aromatic heterocycles. The molecule has 1 atom stereocenters. The van der Waals surface area contributed by atoms with Crippen LogP contribution in [0.4, 0.5) is 17.1 Å². The molecule has 4 heteroatoms. The number of fused-ring (bicyclic) bond motifs is 13. The van der Waals surface area contributed by atoms with Gasteiger partial charge in [0.05, 0.1) is 22.5 Å². The summed E-state index contributed by atoms with van der Waals surface area (Å²) in [4.78, 5) is 16.2. The maximum Gasteiger partial charge on any atom is 0.179 e. The number of rotatable bonds is 6. The van der Waals surface area contributed by atoms with Crippen molar-refractivity contribution in [2.24, 2.45) is 0 Å². The molecule has 1 spiro atoms. The fourth-order valence-electron chi connectivity index (χ4n) is 10.5. The molecular formula is C54H39N3O. The van der Waals surface area contributed by atoms with E-state index in [2.05, 4.69) is 197 Å². The van der Waals surface area contributed by atoms with Crippen LogP contribution in [0.5, 0.6) is 0 Å². The zero-order valence-corrected chi connectivity index (χ0v) is 31.9. The van der Waals surface area contributed by atoms with E-state index in [1.54, 1.807) is 0 Å². The molecule has 2 aliphatic carbocycles. The molecule has 0 amide bonds. The predicted molar refractivity (Wildman–Crippen MR) is 237 cm³/mol. The second-order valence-corrected chi connectivity index (χ2v) is 15.9. The zero-order valence-electron chi connectivity index (χ0n) is 31.9. The number of ketones is 1. The molecule has 9 aromatic rings. The maximum atomic E-state index is 13.8. The van der Waals surface area contributed by atoms with Crippen molar-refractivity contribution in [2.75, 3.05) is 11.4 Å². The van der Waals surface area contributed by atoms with Gasteiger partial charge in [-0.3, -0.25) is 4.79 Å². The number of para-hydroxylation sites is 2. The van der Waals surface area contributed by atoms with Gasteiger partial charge in [0.1, 0.15) is 0 Å². The third-order valence-electron chi connectivity index (χ3n) is 12.9. The Morgan fingerprint density at radius 2 is 1.05 bits per heavy atom. The summed E-state index contributed by atoms with van der Waals surface area (Å²) in [6, 6.07) is 68.2. The van der Waals surface area contributed by atoms with Crippen molar-refractivity contribution in [3.05, 3.63) is 216 Å². The highest BCUT2D eigenvalue weighted by Crippen LogP contribution is 2.63. The van der Waals surface area contributed by atoms with E-state index < -0.39 is 5.41 Å². The summed E-state index contributed by atoms with van der Waals surface area (Å²) in [5.41, 5.74) is 17.3. The molecule has 0 bridgehead atoms. The van der Waals surface area contributed by atoms with Crippen LogP contribution in [0.25, 0.3) is 49.7 Å². The normalized spacial score (nSPS) is 15.7. The Morgan fingerprint density at radius 3 is 1.69 bits per heavy atom. The van der Waals surface area contributed by atoms with E-state index in [-0.39, 0.29) is 11.8 Å². The van der Waals surface area contributed by atoms with Crippen LogP contribution >= 0.6 is 0 Å². The van der Waals surface area contributed by atoms with Gasteiger partial charge in [0.2, 0.25) is 0 Å². The minimum absolute atomic E-state index is 0.128. The molecule has 3 aliphatic rings. The van der Waals surface area contributed by atoms with Gasteiger partial charge in [-0.15, -0.1) is 0 Å². The lowest BCUT2D eigenvalue weighted by Gasteiger charge is -2.32. The standard InChI is InChI=1S/C54H39N3O/c58-53(50-24-13-31-55-50)35-25-29-51-44(32-35)45-33-38(27-30-52(45)57(51)37-16-5-2-6-17-37)56(36-14-3-1-4-15-36)39-26-28-43-42-20-9-12-23-48(42)54(49(43)34-39)46-21-10-7-18-40(46)41-19-8-11-22-47(41)54/h1-12,14-23,25-30,32-34,50,55H,13,24,31H2. The lowest BCUT2D eigenvalue weighted by Crippen LogP contribution is -2.30. The van der Waals surface area contributed by atoms with Crippen LogP contribution < -0.4 is 10.2 Å². The van der Waals surface area contributed by atoms with E-state index in [4.69, 9.17) is 0 Å². The minimum Gasteiger partial charge on any atom is -0.310 e. The first-order valence-corrected chi connectivity index (χ1v) is 20.4. The summed E-state index contributed by atoms with van der Waals surface area (Å²) in [5.74, 6) is 0.171. The van der Waals surface area contributed by atoms with Gasteiger partial charge in [-0.25, -0.2) is 0 Å². The molecule has 0 saturated carbocycles. The zero-order chi connectivity index (χ0) is 38.4. The second-order valence-electron chi connectivity index (χ2n) is 15.9.